The van der Waals surface area contributed by atoms with Crippen LogP contribution in [0.4, 0.5) is 0 Å². The first-order valence-corrected chi connectivity index (χ1v) is 8.57. The van der Waals surface area contributed by atoms with Gasteiger partial charge in [-0.3, -0.25) is 4.40 Å². The van der Waals surface area contributed by atoms with Crippen molar-refractivity contribution in [2.75, 3.05) is 0 Å². The van der Waals surface area contributed by atoms with Crippen LogP contribution < -0.4 is 0 Å². The number of nitrogens with zero attached hydrogens (tertiary/aromatic N) is 4. The van der Waals surface area contributed by atoms with Crippen molar-refractivity contribution in [2.45, 2.75) is 6.92 Å². The summed E-state index contributed by atoms with van der Waals surface area (Å²) in [6.07, 6.45) is 0. The van der Waals surface area contributed by atoms with Crippen LogP contribution in [0.1, 0.15) is 5.56 Å². The third-order valence-electron chi connectivity index (χ3n) is 4.56. The number of fused-ring (bicyclic) bond motifs is 3. The van der Waals surface area contributed by atoms with Crippen molar-refractivity contribution in [1.82, 2.24) is 19.6 Å². The molecule has 4 nitrogen and oxygen atoms in total. The van der Waals surface area contributed by atoms with Crippen molar-refractivity contribution in [3.05, 3.63) is 84.4 Å². The molecule has 0 spiro atoms. The molecule has 26 heavy (non-hydrogen) atoms. The van der Waals surface area contributed by atoms with Crippen molar-refractivity contribution >= 4 is 16.7 Å². The van der Waals surface area contributed by atoms with Gasteiger partial charge in [0, 0.05) is 11.1 Å². The van der Waals surface area contributed by atoms with Gasteiger partial charge in [0.05, 0.1) is 11.0 Å². The predicted octanol–water partition coefficient (Wildman–Crippen LogP) is 4.92. The van der Waals surface area contributed by atoms with E-state index >= 15 is 0 Å². The van der Waals surface area contributed by atoms with Crippen molar-refractivity contribution in [1.29, 1.82) is 0 Å². The predicted molar refractivity (Wildman–Crippen MR) is 104 cm³/mol. The molecular weight excluding hydrogens is 320 g/mol. The minimum absolute atomic E-state index is 0.771. The van der Waals surface area contributed by atoms with Gasteiger partial charge in [-0.25, -0.2) is 4.98 Å². The van der Waals surface area contributed by atoms with Gasteiger partial charge in [0.2, 0.25) is 0 Å². The van der Waals surface area contributed by atoms with Crippen molar-refractivity contribution in [3.8, 4) is 22.6 Å². The van der Waals surface area contributed by atoms with Crippen molar-refractivity contribution in [3.63, 3.8) is 0 Å². The van der Waals surface area contributed by atoms with Crippen LogP contribution in [0.3, 0.4) is 0 Å². The molecule has 0 aliphatic carbocycles. The summed E-state index contributed by atoms with van der Waals surface area (Å²) < 4.78 is 2.12. The van der Waals surface area contributed by atoms with E-state index in [9.17, 15) is 0 Å². The first-order valence-electron chi connectivity index (χ1n) is 8.57. The van der Waals surface area contributed by atoms with E-state index in [1.54, 1.807) is 0 Å². The SMILES string of the molecule is Cc1ccc2nc(-c3ccccc3)c3nnc(-c4ccccc4)n3c2c1. The maximum atomic E-state index is 4.90. The van der Waals surface area contributed by atoms with Gasteiger partial charge in [0.25, 0.3) is 0 Å². The summed E-state index contributed by atoms with van der Waals surface area (Å²) in [5, 5.41) is 9.01. The van der Waals surface area contributed by atoms with Gasteiger partial charge in [0.1, 0.15) is 5.69 Å². The van der Waals surface area contributed by atoms with E-state index in [0.717, 1.165) is 39.3 Å². The van der Waals surface area contributed by atoms with Crippen molar-refractivity contribution < 1.29 is 0 Å². The number of rotatable bonds is 2. The van der Waals surface area contributed by atoms with Crippen LogP contribution in [0, 0.1) is 6.92 Å². The highest BCUT2D eigenvalue weighted by Gasteiger charge is 2.17. The number of hydrogen-bond acceptors (Lipinski definition) is 3. The quantitative estimate of drug-likeness (QED) is 0.459. The van der Waals surface area contributed by atoms with Crippen LogP contribution in [0.2, 0.25) is 0 Å². The van der Waals surface area contributed by atoms with Gasteiger partial charge in [-0.2, -0.15) is 0 Å². The van der Waals surface area contributed by atoms with Gasteiger partial charge >= 0.3 is 0 Å². The van der Waals surface area contributed by atoms with Gasteiger partial charge in [-0.05, 0) is 24.6 Å². The normalized spacial score (nSPS) is 11.3. The molecule has 3 aromatic carbocycles. The molecule has 0 radical (unpaired) electrons. The first-order chi connectivity index (χ1) is 12.8. The third-order valence-corrected chi connectivity index (χ3v) is 4.56. The molecule has 0 unspecified atom stereocenters. The second-order valence-electron chi connectivity index (χ2n) is 6.37. The van der Waals surface area contributed by atoms with Crippen molar-refractivity contribution in [2.24, 2.45) is 0 Å². The summed E-state index contributed by atoms with van der Waals surface area (Å²) in [5.74, 6) is 0.829. The fourth-order valence-electron chi connectivity index (χ4n) is 3.31. The van der Waals surface area contributed by atoms with E-state index in [4.69, 9.17) is 4.98 Å². The lowest BCUT2D eigenvalue weighted by molar-refractivity contribution is 1.12. The number of aryl methyl sites for hydroxylation is 1. The average Bonchev–Trinajstić information content (AvgIpc) is 3.14. The molecule has 2 heterocycles. The maximum absolute atomic E-state index is 4.90. The Bertz CT molecular complexity index is 1220. The molecule has 0 aliphatic rings. The Kier molecular flexibility index (Phi) is 3.28. The van der Waals surface area contributed by atoms with Crippen LogP contribution in [0.5, 0.6) is 0 Å². The first kappa shape index (κ1) is 14.8. The zero-order valence-electron chi connectivity index (χ0n) is 14.3. The second-order valence-corrected chi connectivity index (χ2v) is 6.37. The molecule has 0 fully saturated rings. The highest BCUT2D eigenvalue weighted by Crippen LogP contribution is 2.29. The van der Waals surface area contributed by atoms with E-state index in [-0.39, 0.29) is 0 Å². The molecule has 0 atom stereocenters. The summed E-state index contributed by atoms with van der Waals surface area (Å²) in [4.78, 5) is 4.90. The molecule has 0 aliphatic heterocycles. The van der Waals surface area contributed by atoms with Gasteiger partial charge in [-0.15, -0.1) is 10.2 Å². The molecule has 124 valence electrons. The van der Waals surface area contributed by atoms with Crippen LogP contribution in [0.15, 0.2) is 78.9 Å². The van der Waals surface area contributed by atoms with E-state index in [0.29, 0.717) is 0 Å². The summed E-state index contributed by atoms with van der Waals surface area (Å²) in [6, 6.07) is 26.6. The van der Waals surface area contributed by atoms with Crippen LogP contribution in [-0.2, 0) is 0 Å². The van der Waals surface area contributed by atoms with Gasteiger partial charge < -0.3 is 0 Å². The largest absolute Gasteiger partial charge is 0.271 e. The molecule has 0 saturated carbocycles. The smallest absolute Gasteiger partial charge is 0.188 e. The summed E-state index contributed by atoms with van der Waals surface area (Å²) >= 11 is 0. The van der Waals surface area contributed by atoms with E-state index in [1.807, 2.05) is 36.4 Å². The van der Waals surface area contributed by atoms with Gasteiger partial charge in [-0.1, -0.05) is 66.7 Å². The Morgan fingerprint density at radius 1 is 0.731 bits per heavy atom. The van der Waals surface area contributed by atoms with E-state index in [1.165, 1.54) is 5.56 Å². The Morgan fingerprint density at radius 3 is 2.15 bits per heavy atom. The Hall–Kier alpha value is -3.53. The molecule has 4 heteroatoms. The monoisotopic (exact) mass is 336 g/mol. The van der Waals surface area contributed by atoms with Crippen LogP contribution in [-0.4, -0.2) is 19.6 Å². The number of hydrogen-bond donors (Lipinski definition) is 0. The van der Waals surface area contributed by atoms with Crippen LogP contribution >= 0.6 is 0 Å². The molecule has 5 aromatic rings. The lowest BCUT2D eigenvalue weighted by atomic mass is 10.1. The summed E-state index contributed by atoms with van der Waals surface area (Å²) in [5.41, 5.74) is 6.81. The molecule has 0 bridgehead atoms. The molecule has 0 saturated heterocycles. The lowest BCUT2D eigenvalue weighted by Crippen LogP contribution is -1.98. The molecule has 0 N–H and O–H groups in total. The maximum Gasteiger partial charge on any atom is 0.188 e. The number of aromatic nitrogens is 4. The van der Waals surface area contributed by atoms with Gasteiger partial charge in [0.15, 0.2) is 11.5 Å². The van der Waals surface area contributed by atoms with E-state index in [2.05, 4.69) is 64.0 Å². The Balaban J connectivity index is 1.94. The highest BCUT2D eigenvalue weighted by molar-refractivity contribution is 5.88. The topological polar surface area (TPSA) is 43.1 Å². The zero-order chi connectivity index (χ0) is 17.5. The minimum atomic E-state index is 0.771. The van der Waals surface area contributed by atoms with Crippen LogP contribution in [0.25, 0.3) is 39.3 Å². The third kappa shape index (κ3) is 2.27. The Labute approximate surface area is 150 Å². The standard InChI is InChI=1S/C22H16N4/c1-15-12-13-18-19(14-15)26-21(17-10-6-3-7-11-17)24-25-22(26)20(23-18)16-8-4-2-5-9-16/h2-14H,1H3. The molecule has 0 amide bonds. The Morgan fingerprint density at radius 2 is 1.42 bits per heavy atom. The summed E-state index contributed by atoms with van der Waals surface area (Å²) in [6.45, 7) is 2.09. The zero-order valence-corrected chi connectivity index (χ0v) is 14.3. The fourth-order valence-corrected chi connectivity index (χ4v) is 3.31. The molecule has 5 rings (SSSR count). The average molecular weight is 336 g/mol. The summed E-state index contributed by atoms with van der Waals surface area (Å²) in [7, 11) is 0. The van der Waals surface area contributed by atoms with E-state index < -0.39 is 0 Å². The molecular formula is C22H16N4. The fraction of sp³-hybridized carbons (Fsp3) is 0.0455. The molecule has 2 aromatic heterocycles. The highest BCUT2D eigenvalue weighted by atomic mass is 15.3. The lowest BCUT2D eigenvalue weighted by Gasteiger charge is -2.09. The minimum Gasteiger partial charge on any atom is -0.271 e. The number of benzene rings is 3. The second kappa shape index (κ2) is 5.77.